The highest BCUT2D eigenvalue weighted by molar-refractivity contribution is 6.33. The van der Waals surface area contributed by atoms with Crippen LogP contribution >= 0.6 is 11.6 Å². The Morgan fingerprint density at radius 1 is 0.977 bits per heavy atom. The van der Waals surface area contributed by atoms with Crippen LogP contribution in [0.2, 0.25) is 5.02 Å². The zero-order valence-electron chi connectivity index (χ0n) is 23.7. The number of aromatic nitrogens is 1. The van der Waals surface area contributed by atoms with E-state index in [1.54, 1.807) is 30.0 Å². The molecule has 10 heteroatoms. The van der Waals surface area contributed by atoms with Crippen LogP contribution in [0.25, 0.3) is 17.3 Å². The lowest BCUT2D eigenvalue weighted by atomic mass is 10.0. The minimum absolute atomic E-state index is 0.00629. The molecule has 0 N–H and O–H groups in total. The first-order valence-electron chi connectivity index (χ1n) is 14.0. The summed E-state index contributed by atoms with van der Waals surface area (Å²) >= 11 is 6.30. The van der Waals surface area contributed by atoms with Crippen molar-refractivity contribution in [2.45, 2.75) is 13.5 Å². The molecule has 7 nitrogen and oxygen atoms in total. The third-order valence-corrected chi connectivity index (χ3v) is 7.75. The summed E-state index contributed by atoms with van der Waals surface area (Å²) in [5.74, 6) is -1.21. The first kappa shape index (κ1) is 30.1. The van der Waals surface area contributed by atoms with Crippen molar-refractivity contribution in [3.63, 3.8) is 0 Å². The molecule has 1 aliphatic rings. The van der Waals surface area contributed by atoms with Gasteiger partial charge >= 0.3 is 0 Å². The molecule has 1 aromatic heterocycles. The third kappa shape index (κ3) is 7.36. The number of carbonyl (C=O) groups excluding carboxylic acids is 2. The molecule has 2 amide bonds. The number of hydrogen-bond acceptors (Lipinski definition) is 5. The number of benzene rings is 3. The van der Waals surface area contributed by atoms with Gasteiger partial charge in [-0.05, 0) is 48.4 Å². The minimum atomic E-state index is -0.619. The summed E-state index contributed by atoms with van der Waals surface area (Å²) in [6.07, 6.45) is 3.40. The smallest absolute Gasteiger partial charge is 0.260 e. The first-order valence-corrected chi connectivity index (χ1v) is 14.4. The van der Waals surface area contributed by atoms with Gasteiger partial charge in [-0.1, -0.05) is 65.3 Å². The van der Waals surface area contributed by atoms with Crippen LogP contribution in [-0.4, -0.2) is 70.9 Å². The minimum Gasteiger partial charge on any atom is -0.360 e. The van der Waals surface area contributed by atoms with Crippen molar-refractivity contribution in [3.8, 4) is 11.3 Å². The number of carbonyl (C=O) groups is 2. The number of aryl methyl sites for hydroxylation is 1. The summed E-state index contributed by atoms with van der Waals surface area (Å²) < 4.78 is 33.8. The predicted molar refractivity (Wildman–Crippen MR) is 161 cm³/mol. The van der Waals surface area contributed by atoms with Crippen molar-refractivity contribution in [3.05, 3.63) is 118 Å². The van der Waals surface area contributed by atoms with E-state index in [-0.39, 0.29) is 45.9 Å². The summed E-state index contributed by atoms with van der Waals surface area (Å²) in [5, 5.41) is 4.10. The first-order chi connectivity index (χ1) is 20.8. The maximum absolute atomic E-state index is 14.8. The van der Waals surface area contributed by atoms with Crippen molar-refractivity contribution in [2.24, 2.45) is 0 Å². The topological polar surface area (TPSA) is 69.9 Å². The molecule has 0 spiro atoms. The fourth-order valence-corrected chi connectivity index (χ4v) is 5.28. The number of hydrogen-bond donors (Lipinski definition) is 0. The van der Waals surface area contributed by atoms with Gasteiger partial charge in [0.2, 0.25) is 5.91 Å². The second kappa shape index (κ2) is 13.8. The van der Waals surface area contributed by atoms with Crippen LogP contribution in [0.5, 0.6) is 0 Å². The van der Waals surface area contributed by atoms with Gasteiger partial charge in [0.05, 0.1) is 10.6 Å². The molecule has 1 saturated heterocycles. The molecule has 0 atom stereocenters. The molecular formula is C33H31ClF2N4O3. The average Bonchev–Trinajstić information content (AvgIpc) is 3.39. The van der Waals surface area contributed by atoms with Gasteiger partial charge in [-0.2, -0.15) is 0 Å². The van der Waals surface area contributed by atoms with Crippen LogP contribution in [0, 0.1) is 18.6 Å². The van der Waals surface area contributed by atoms with Crippen LogP contribution < -0.4 is 0 Å². The quantitative estimate of drug-likeness (QED) is 0.217. The number of halogens is 3. The normalized spacial score (nSPS) is 13.9. The van der Waals surface area contributed by atoms with Crippen molar-refractivity contribution >= 4 is 29.5 Å². The predicted octanol–water partition coefficient (Wildman–Crippen LogP) is 6.08. The molecule has 0 bridgehead atoms. The molecule has 1 aliphatic heterocycles. The lowest BCUT2D eigenvalue weighted by Gasteiger charge is -2.35. The van der Waals surface area contributed by atoms with Crippen molar-refractivity contribution in [1.29, 1.82) is 0 Å². The molecule has 1 fully saturated rings. The van der Waals surface area contributed by atoms with Gasteiger partial charge in [0.15, 0.2) is 0 Å². The van der Waals surface area contributed by atoms with E-state index in [4.69, 9.17) is 16.1 Å². The van der Waals surface area contributed by atoms with E-state index in [2.05, 4.69) is 10.1 Å². The maximum Gasteiger partial charge on any atom is 0.260 e. The van der Waals surface area contributed by atoms with Gasteiger partial charge in [-0.15, -0.1) is 0 Å². The Kier molecular flexibility index (Phi) is 9.64. The molecular weight excluding hydrogens is 574 g/mol. The van der Waals surface area contributed by atoms with Gasteiger partial charge < -0.3 is 14.3 Å². The maximum atomic E-state index is 14.8. The lowest BCUT2D eigenvalue weighted by molar-refractivity contribution is -0.127. The molecule has 3 aromatic carbocycles. The van der Waals surface area contributed by atoms with E-state index in [1.165, 1.54) is 30.3 Å². The molecule has 43 heavy (non-hydrogen) atoms. The van der Waals surface area contributed by atoms with Gasteiger partial charge in [0, 0.05) is 51.9 Å². The van der Waals surface area contributed by atoms with Crippen molar-refractivity contribution in [2.75, 3.05) is 39.3 Å². The van der Waals surface area contributed by atoms with E-state index in [0.29, 0.717) is 39.3 Å². The van der Waals surface area contributed by atoms with E-state index < -0.39 is 11.7 Å². The van der Waals surface area contributed by atoms with E-state index in [1.807, 2.05) is 41.3 Å². The molecule has 2 heterocycles. The summed E-state index contributed by atoms with van der Waals surface area (Å²) in [7, 11) is 0. The zero-order valence-corrected chi connectivity index (χ0v) is 24.4. The van der Waals surface area contributed by atoms with Crippen LogP contribution in [-0.2, 0) is 11.3 Å². The van der Waals surface area contributed by atoms with Crippen LogP contribution in [0.1, 0.15) is 27.2 Å². The Balaban J connectivity index is 1.29. The Morgan fingerprint density at radius 3 is 2.40 bits per heavy atom. The van der Waals surface area contributed by atoms with Crippen LogP contribution in [0.4, 0.5) is 8.78 Å². The monoisotopic (exact) mass is 604 g/mol. The summed E-state index contributed by atoms with van der Waals surface area (Å²) in [4.78, 5) is 32.3. The molecule has 0 saturated carbocycles. The Hall–Kier alpha value is -4.34. The molecule has 4 aromatic rings. The SMILES string of the molecule is Cc1onc(-c2c(F)cccc2Cl)c1C(=O)N(CCN1CCN(C(=O)/C=C/c2ccccc2)CC1)Cc1ccc(F)cc1. The number of nitrogens with zero attached hydrogens (tertiary/aromatic N) is 4. The summed E-state index contributed by atoms with van der Waals surface area (Å²) in [6.45, 7) is 5.06. The zero-order chi connectivity index (χ0) is 30.3. The second-order valence-corrected chi connectivity index (χ2v) is 10.7. The molecule has 0 unspecified atom stereocenters. The lowest BCUT2D eigenvalue weighted by Crippen LogP contribution is -2.50. The fourth-order valence-electron chi connectivity index (χ4n) is 5.03. The molecule has 0 radical (unpaired) electrons. The van der Waals surface area contributed by atoms with E-state index in [0.717, 1.165) is 11.1 Å². The Bertz CT molecular complexity index is 1580. The number of piperazine rings is 1. The summed E-state index contributed by atoms with van der Waals surface area (Å²) in [5.41, 5.74) is 1.84. The van der Waals surface area contributed by atoms with Crippen LogP contribution in [0.15, 0.2) is 83.4 Å². The third-order valence-electron chi connectivity index (χ3n) is 7.44. The highest BCUT2D eigenvalue weighted by atomic mass is 35.5. The van der Waals surface area contributed by atoms with Crippen molar-refractivity contribution in [1.82, 2.24) is 19.9 Å². The molecule has 0 aliphatic carbocycles. The Morgan fingerprint density at radius 2 is 1.70 bits per heavy atom. The molecule has 5 rings (SSSR count). The van der Waals surface area contributed by atoms with Crippen molar-refractivity contribution < 1.29 is 22.9 Å². The number of rotatable bonds is 9. The largest absolute Gasteiger partial charge is 0.360 e. The standard InChI is InChI=1S/C33H31ClF2N4O3/c1-23-30(32(37-43-23)31-27(34)8-5-9-28(31)36)33(42)40(22-25-10-13-26(35)14-11-25)21-18-38-16-19-39(20-17-38)29(41)15-12-24-6-3-2-4-7-24/h2-15H,16-22H2,1H3/b15-12+. The summed E-state index contributed by atoms with van der Waals surface area (Å²) in [6, 6.07) is 19.8. The van der Waals surface area contributed by atoms with E-state index in [9.17, 15) is 18.4 Å². The van der Waals surface area contributed by atoms with Gasteiger partial charge in [0.1, 0.15) is 28.7 Å². The highest BCUT2D eigenvalue weighted by Gasteiger charge is 2.29. The fraction of sp³-hybridized carbons (Fsp3) is 0.242. The van der Waals surface area contributed by atoms with Gasteiger partial charge in [-0.3, -0.25) is 14.5 Å². The average molecular weight is 605 g/mol. The molecule has 222 valence electrons. The van der Waals surface area contributed by atoms with Gasteiger partial charge in [-0.25, -0.2) is 8.78 Å². The van der Waals surface area contributed by atoms with E-state index >= 15 is 0 Å². The van der Waals surface area contributed by atoms with Crippen LogP contribution in [0.3, 0.4) is 0 Å². The van der Waals surface area contributed by atoms with Gasteiger partial charge in [0.25, 0.3) is 5.91 Å². The number of amides is 2. The Labute approximate surface area is 253 Å². The highest BCUT2D eigenvalue weighted by Crippen LogP contribution is 2.34. The second-order valence-electron chi connectivity index (χ2n) is 10.3.